The number of likely N-dealkylation sites (N-methyl/N-ethyl adjacent to an activating group) is 1. The lowest BCUT2D eigenvalue weighted by Gasteiger charge is -2.11. The first-order valence-electron chi connectivity index (χ1n) is 5.84. The first-order valence-corrected chi connectivity index (χ1v) is 6.99. The Balaban J connectivity index is 1.76. The molecule has 1 aliphatic heterocycles. The molecule has 0 aliphatic carbocycles. The van der Waals surface area contributed by atoms with Crippen LogP contribution in [0.2, 0.25) is 0 Å². The molecule has 0 aromatic rings. The fraction of sp³-hybridized carbons (Fsp3) is 1.00. The van der Waals surface area contributed by atoms with Crippen molar-refractivity contribution in [1.29, 1.82) is 0 Å². The molecular formula is C11H24N2OS. The average molecular weight is 232 g/mol. The summed E-state index contributed by atoms with van der Waals surface area (Å²) in [5.74, 6) is 2.38. The second-order valence-corrected chi connectivity index (χ2v) is 5.41. The fourth-order valence-corrected chi connectivity index (χ4v) is 2.54. The van der Waals surface area contributed by atoms with E-state index < -0.39 is 0 Å². The van der Waals surface area contributed by atoms with Gasteiger partial charge < -0.3 is 15.0 Å². The largest absolute Gasteiger partial charge is 0.377 e. The molecule has 3 nitrogen and oxygen atoms in total. The fourth-order valence-electron chi connectivity index (χ4n) is 1.56. The van der Waals surface area contributed by atoms with E-state index in [2.05, 4.69) is 24.3 Å². The molecule has 1 unspecified atom stereocenters. The number of nitrogens with one attached hydrogen (secondary N) is 1. The van der Waals surface area contributed by atoms with Crippen molar-refractivity contribution < 1.29 is 4.74 Å². The summed E-state index contributed by atoms with van der Waals surface area (Å²) in [6, 6.07) is 0. The first-order chi connectivity index (χ1) is 7.29. The molecule has 1 atom stereocenters. The molecular weight excluding hydrogens is 208 g/mol. The molecule has 0 aromatic heterocycles. The monoisotopic (exact) mass is 232 g/mol. The van der Waals surface area contributed by atoms with E-state index in [1.54, 1.807) is 0 Å². The molecule has 4 heteroatoms. The van der Waals surface area contributed by atoms with Gasteiger partial charge >= 0.3 is 0 Å². The molecule has 1 rings (SSSR count). The molecule has 0 saturated carbocycles. The number of nitrogens with zero attached hydrogens (tertiary/aromatic N) is 1. The Bertz CT molecular complexity index is 150. The maximum atomic E-state index is 5.56. The molecule has 1 aliphatic rings. The number of hydrogen-bond acceptors (Lipinski definition) is 4. The molecule has 1 N–H and O–H groups in total. The van der Waals surface area contributed by atoms with Crippen LogP contribution in [0.4, 0.5) is 0 Å². The summed E-state index contributed by atoms with van der Waals surface area (Å²) < 4.78 is 5.56. The minimum absolute atomic E-state index is 0.539. The molecule has 15 heavy (non-hydrogen) atoms. The highest BCUT2D eigenvalue weighted by molar-refractivity contribution is 7.99. The van der Waals surface area contributed by atoms with Crippen molar-refractivity contribution >= 4 is 11.8 Å². The van der Waals surface area contributed by atoms with Crippen molar-refractivity contribution in [2.45, 2.75) is 18.9 Å². The van der Waals surface area contributed by atoms with Crippen LogP contribution in [0.25, 0.3) is 0 Å². The van der Waals surface area contributed by atoms with Crippen molar-refractivity contribution in [3.63, 3.8) is 0 Å². The van der Waals surface area contributed by atoms with Crippen molar-refractivity contribution in [3.05, 3.63) is 0 Å². The zero-order valence-corrected chi connectivity index (χ0v) is 10.8. The van der Waals surface area contributed by atoms with Gasteiger partial charge in [-0.2, -0.15) is 11.8 Å². The van der Waals surface area contributed by atoms with Gasteiger partial charge in [0.1, 0.15) is 0 Å². The standard InChI is InChI=1S/C11H24N2OS/c1-13(2)7-5-12-6-9-15-10-11-4-3-8-14-11/h11-12H,3-10H2,1-2H3. The summed E-state index contributed by atoms with van der Waals surface area (Å²) in [6.07, 6.45) is 3.06. The Kier molecular flexibility index (Phi) is 7.44. The van der Waals surface area contributed by atoms with E-state index in [0.29, 0.717) is 6.10 Å². The van der Waals surface area contributed by atoms with Crippen LogP contribution in [0.1, 0.15) is 12.8 Å². The minimum atomic E-state index is 0.539. The van der Waals surface area contributed by atoms with Gasteiger partial charge in [-0.1, -0.05) is 0 Å². The Morgan fingerprint density at radius 2 is 2.27 bits per heavy atom. The summed E-state index contributed by atoms with van der Waals surface area (Å²) >= 11 is 2.01. The van der Waals surface area contributed by atoms with Gasteiger partial charge in [0.05, 0.1) is 6.10 Å². The van der Waals surface area contributed by atoms with Crippen LogP contribution in [0.5, 0.6) is 0 Å². The summed E-state index contributed by atoms with van der Waals surface area (Å²) in [6.45, 7) is 4.31. The van der Waals surface area contributed by atoms with Gasteiger partial charge in [0.25, 0.3) is 0 Å². The molecule has 0 amide bonds. The van der Waals surface area contributed by atoms with Crippen molar-refractivity contribution in [3.8, 4) is 0 Å². The second-order valence-electron chi connectivity index (χ2n) is 4.26. The minimum Gasteiger partial charge on any atom is -0.377 e. The Hall–Kier alpha value is 0.230. The lowest BCUT2D eigenvalue weighted by Crippen LogP contribution is -2.28. The third-order valence-electron chi connectivity index (χ3n) is 2.49. The molecule has 90 valence electrons. The summed E-state index contributed by atoms with van der Waals surface area (Å²) in [7, 11) is 4.21. The SMILES string of the molecule is CN(C)CCNCCSCC1CCCO1. The quantitative estimate of drug-likeness (QED) is 0.632. The number of rotatable bonds is 8. The van der Waals surface area contributed by atoms with E-state index in [9.17, 15) is 0 Å². The van der Waals surface area contributed by atoms with Crippen LogP contribution in [0.15, 0.2) is 0 Å². The predicted molar refractivity (Wildman–Crippen MR) is 67.7 cm³/mol. The van der Waals surface area contributed by atoms with Gasteiger partial charge in [0.15, 0.2) is 0 Å². The van der Waals surface area contributed by atoms with Crippen LogP contribution in [-0.2, 0) is 4.74 Å². The topological polar surface area (TPSA) is 24.5 Å². The highest BCUT2D eigenvalue weighted by Crippen LogP contribution is 2.16. The van der Waals surface area contributed by atoms with Crippen molar-refractivity contribution in [2.24, 2.45) is 0 Å². The Labute approximate surface area is 97.9 Å². The first kappa shape index (κ1) is 13.3. The summed E-state index contributed by atoms with van der Waals surface area (Å²) in [5, 5.41) is 3.44. The van der Waals surface area contributed by atoms with Crippen LogP contribution < -0.4 is 5.32 Å². The lowest BCUT2D eigenvalue weighted by atomic mass is 10.3. The van der Waals surface area contributed by atoms with E-state index in [1.807, 2.05) is 11.8 Å². The molecule has 1 saturated heterocycles. The van der Waals surface area contributed by atoms with Crippen LogP contribution in [-0.4, -0.2) is 62.8 Å². The zero-order valence-electron chi connectivity index (χ0n) is 10.00. The summed E-state index contributed by atoms with van der Waals surface area (Å²) in [5.41, 5.74) is 0. The van der Waals surface area contributed by atoms with Gasteiger partial charge in [-0.3, -0.25) is 0 Å². The van der Waals surface area contributed by atoms with Gasteiger partial charge in [-0.05, 0) is 26.9 Å². The van der Waals surface area contributed by atoms with Crippen molar-refractivity contribution in [1.82, 2.24) is 10.2 Å². The number of hydrogen-bond donors (Lipinski definition) is 1. The average Bonchev–Trinajstić information content (AvgIpc) is 2.68. The molecule has 1 fully saturated rings. The van der Waals surface area contributed by atoms with Gasteiger partial charge in [0, 0.05) is 37.7 Å². The molecule has 0 bridgehead atoms. The number of thioether (sulfide) groups is 1. The van der Waals surface area contributed by atoms with Crippen LogP contribution in [0.3, 0.4) is 0 Å². The molecule has 0 radical (unpaired) electrons. The third-order valence-corrected chi connectivity index (χ3v) is 3.59. The highest BCUT2D eigenvalue weighted by atomic mass is 32.2. The van der Waals surface area contributed by atoms with Crippen molar-refractivity contribution in [2.75, 3.05) is 51.8 Å². The Morgan fingerprint density at radius 1 is 1.40 bits per heavy atom. The van der Waals surface area contributed by atoms with Crippen LogP contribution >= 0.6 is 11.8 Å². The number of ether oxygens (including phenoxy) is 1. The molecule has 1 heterocycles. The smallest absolute Gasteiger partial charge is 0.0666 e. The third kappa shape index (κ3) is 7.17. The van der Waals surface area contributed by atoms with E-state index in [1.165, 1.54) is 24.3 Å². The van der Waals surface area contributed by atoms with E-state index in [4.69, 9.17) is 4.74 Å². The van der Waals surface area contributed by atoms with Gasteiger partial charge in [-0.25, -0.2) is 0 Å². The van der Waals surface area contributed by atoms with Crippen LogP contribution in [0, 0.1) is 0 Å². The Morgan fingerprint density at radius 3 is 2.93 bits per heavy atom. The summed E-state index contributed by atoms with van der Waals surface area (Å²) in [4.78, 5) is 2.20. The zero-order chi connectivity index (χ0) is 10.9. The maximum absolute atomic E-state index is 5.56. The highest BCUT2D eigenvalue weighted by Gasteiger charge is 2.14. The second kappa shape index (κ2) is 8.39. The van der Waals surface area contributed by atoms with E-state index >= 15 is 0 Å². The molecule has 0 spiro atoms. The van der Waals surface area contributed by atoms with Gasteiger partial charge in [0.2, 0.25) is 0 Å². The van der Waals surface area contributed by atoms with E-state index in [-0.39, 0.29) is 0 Å². The molecule has 0 aromatic carbocycles. The van der Waals surface area contributed by atoms with Gasteiger partial charge in [-0.15, -0.1) is 0 Å². The lowest BCUT2D eigenvalue weighted by molar-refractivity contribution is 0.129. The predicted octanol–water partition coefficient (Wildman–Crippen LogP) is 1.05. The normalized spacial score (nSPS) is 21.4. The maximum Gasteiger partial charge on any atom is 0.0666 e. The van der Waals surface area contributed by atoms with E-state index in [0.717, 1.165) is 26.2 Å².